The fourth-order valence-electron chi connectivity index (χ4n) is 6.15. The van der Waals surface area contributed by atoms with E-state index < -0.39 is 11.6 Å². The summed E-state index contributed by atoms with van der Waals surface area (Å²) in [5.74, 6) is -1.07. The van der Waals surface area contributed by atoms with Crippen LogP contribution in [0.2, 0.25) is 0 Å². The molecule has 0 bridgehead atoms. The van der Waals surface area contributed by atoms with Gasteiger partial charge in [0.1, 0.15) is 5.82 Å². The SMILES string of the molecule is CC=CCCC1CC=C(c2ccc(-c3ccc(-c4ccc(CCCCCCCCCC)c(F)c4F)cc3)cc2F)CC1. The highest BCUT2D eigenvalue weighted by atomic mass is 19.2. The van der Waals surface area contributed by atoms with Crippen molar-refractivity contribution in [3.8, 4) is 22.3 Å². The lowest BCUT2D eigenvalue weighted by molar-refractivity contribution is 0.453. The first-order valence-electron chi connectivity index (χ1n) is 16.2. The third-order valence-corrected chi connectivity index (χ3v) is 8.80. The summed E-state index contributed by atoms with van der Waals surface area (Å²) >= 11 is 0. The molecule has 3 heteroatoms. The molecule has 0 amide bonds. The Morgan fingerprint density at radius 3 is 2.07 bits per heavy atom. The molecule has 1 aliphatic carbocycles. The Hall–Kier alpha value is -3.07. The van der Waals surface area contributed by atoms with Gasteiger partial charge in [0.05, 0.1) is 0 Å². The van der Waals surface area contributed by atoms with Gasteiger partial charge in [-0.25, -0.2) is 13.2 Å². The first kappa shape index (κ1) is 31.9. The van der Waals surface area contributed by atoms with Gasteiger partial charge in [-0.1, -0.05) is 119 Å². The van der Waals surface area contributed by atoms with Crippen molar-refractivity contribution < 1.29 is 13.2 Å². The van der Waals surface area contributed by atoms with E-state index in [0.717, 1.165) is 61.6 Å². The van der Waals surface area contributed by atoms with Crippen LogP contribution in [0.1, 0.15) is 108 Å². The molecule has 0 aliphatic heterocycles. The van der Waals surface area contributed by atoms with E-state index in [1.165, 1.54) is 38.5 Å². The van der Waals surface area contributed by atoms with Gasteiger partial charge in [0, 0.05) is 11.1 Å². The number of aryl methyl sites for hydroxylation is 1. The van der Waals surface area contributed by atoms with Crippen LogP contribution in [0, 0.1) is 23.4 Å². The van der Waals surface area contributed by atoms with Crippen LogP contribution < -0.4 is 0 Å². The van der Waals surface area contributed by atoms with Crippen molar-refractivity contribution in [2.45, 2.75) is 104 Å². The van der Waals surface area contributed by atoms with Crippen molar-refractivity contribution >= 4 is 5.57 Å². The minimum absolute atomic E-state index is 0.213. The van der Waals surface area contributed by atoms with Gasteiger partial charge >= 0.3 is 0 Å². The average molecular weight is 573 g/mol. The maximum absolute atomic E-state index is 15.2. The minimum Gasteiger partial charge on any atom is -0.206 e. The Bertz CT molecular complexity index is 1330. The standard InChI is InChI=1S/C39H47F3/c1-3-5-7-8-9-10-11-13-15-33-24-27-36(39(42)38(33)41)32-22-20-30(21-23-32)34-25-26-35(37(40)28-34)31-18-16-29(17-19-31)14-12-6-4-2/h4,6,18,20-29H,3,5,7-17,19H2,1-2H3. The average Bonchev–Trinajstić information content (AvgIpc) is 3.01. The summed E-state index contributed by atoms with van der Waals surface area (Å²) in [6.45, 7) is 4.27. The molecule has 42 heavy (non-hydrogen) atoms. The van der Waals surface area contributed by atoms with Gasteiger partial charge < -0.3 is 0 Å². The Kier molecular flexibility index (Phi) is 12.5. The summed E-state index contributed by atoms with van der Waals surface area (Å²) in [7, 11) is 0. The lowest BCUT2D eigenvalue weighted by Gasteiger charge is -2.22. The summed E-state index contributed by atoms with van der Waals surface area (Å²) in [5.41, 5.74) is 4.73. The molecule has 0 N–H and O–H groups in total. The van der Waals surface area contributed by atoms with Crippen LogP contribution in [-0.2, 0) is 6.42 Å². The van der Waals surface area contributed by atoms with E-state index in [4.69, 9.17) is 0 Å². The van der Waals surface area contributed by atoms with E-state index in [1.807, 2.05) is 24.3 Å². The van der Waals surface area contributed by atoms with Crippen molar-refractivity contribution in [3.05, 3.63) is 101 Å². The molecule has 0 fully saturated rings. The first-order chi connectivity index (χ1) is 20.5. The van der Waals surface area contributed by atoms with E-state index in [-0.39, 0.29) is 11.4 Å². The second-order valence-electron chi connectivity index (χ2n) is 11.9. The number of halogens is 3. The summed E-state index contributed by atoms with van der Waals surface area (Å²) in [4.78, 5) is 0. The maximum atomic E-state index is 15.2. The van der Waals surface area contributed by atoms with Crippen molar-refractivity contribution in [1.29, 1.82) is 0 Å². The number of benzene rings is 3. The molecule has 0 nitrogen and oxygen atoms in total. The highest BCUT2D eigenvalue weighted by Gasteiger charge is 2.18. The van der Waals surface area contributed by atoms with Crippen molar-refractivity contribution in [2.24, 2.45) is 5.92 Å². The Labute approximate surface area is 251 Å². The number of hydrogen-bond acceptors (Lipinski definition) is 0. The zero-order chi connectivity index (χ0) is 29.7. The molecule has 0 aromatic heterocycles. The molecule has 0 radical (unpaired) electrons. The molecule has 3 aromatic rings. The Morgan fingerprint density at radius 1 is 0.738 bits per heavy atom. The summed E-state index contributed by atoms with van der Waals surface area (Å²) in [6, 6.07) is 16.1. The quantitative estimate of drug-likeness (QED) is 0.125. The summed E-state index contributed by atoms with van der Waals surface area (Å²) in [5, 5.41) is 0. The van der Waals surface area contributed by atoms with Crippen LogP contribution >= 0.6 is 0 Å². The normalized spacial score (nSPS) is 15.4. The monoisotopic (exact) mass is 572 g/mol. The molecule has 0 spiro atoms. The lowest BCUT2D eigenvalue weighted by Crippen LogP contribution is -2.06. The maximum Gasteiger partial charge on any atom is 0.166 e. The summed E-state index contributed by atoms with van der Waals surface area (Å²) < 4.78 is 45.2. The van der Waals surface area contributed by atoms with Gasteiger partial charge in [0.25, 0.3) is 0 Å². The largest absolute Gasteiger partial charge is 0.206 e. The zero-order valence-corrected chi connectivity index (χ0v) is 25.5. The van der Waals surface area contributed by atoms with Crippen LogP contribution in [-0.4, -0.2) is 0 Å². The van der Waals surface area contributed by atoms with Crippen molar-refractivity contribution in [1.82, 2.24) is 0 Å². The number of hydrogen-bond donors (Lipinski definition) is 0. The van der Waals surface area contributed by atoms with Gasteiger partial charge in [-0.05, 0) is 91.7 Å². The molecule has 3 aromatic carbocycles. The zero-order valence-electron chi connectivity index (χ0n) is 25.5. The predicted octanol–water partition coefficient (Wildman–Crippen LogP) is 12.7. The van der Waals surface area contributed by atoms with E-state index in [1.54, 1.807) is 30.3 Å². The molecule has 0 heterocycles. The van der Waals surface area contributed by atoms with Crippen LogP contribution in [0.3, 0.4) is 0 Å². The fraction of sp³-hybridized carbons (Fsp3) is 0.436. The molecule has 1 unspecified atom stereocenters. The molecule has 4 rings (SSSR count). The van der Waals surface area contributed by atoms with E-state index in [2.05, 4.69) is 32.1 Å². The molecular formula is C39H47F3. The number of unbranched alkanes of at least 4 members (excludes halogenated alkanes) is 7. The molecule has 1 aliphatic rings. The molecule has 1 atom stereocenters. The van der Waals surface area contributed by atoms with E-state index in [0.29, 0.717) is 29.0 Å². The van der Waals surface area contributed by atoms with Gasteiger partial charge in [-0.3, -0.25) is 0 Å². The van der Waals surface area contributed by atoms with Gasteiger partial charge in [-0.15, -0.1) is 0 Å². The summed E-state index contributed by atoms with van der Waals surface area (Å²) in [6.07, 6.45) is 21.8. The molecule has 0 saturated heterocycles. The first-order valence-corrected chi connectivity index (χ1v) is 16.2. The van der Waals surface area contributed by atoms with Crippen molar-refractivity contribution in [3.63, 3.8) is 0 Å². The second kappa shape index (κ2) is 16.5. The topological polar surface area (TPSA) is 0 Å². The van der Waals surface area contributed by atoms with E-state index >= 15 is 8.78 Å². The third-order valence-electron chi connectivity index (χ3n) is 8.80. The predicted molar refractivity (Wildman–Crippen MR) is 173 cm³/mol. The Morgan fingerprint density at radius 2 is 1.40 bits per heavy atom. The molecule has 224 valence electrons. The van der Waals surface area contributed by atoms with Crippen molar-refractivity contribution in [2.75, 3.05) is 0 Å². The highest BCUT2D eigenvalue weighted by molar-refractivity contribution is 5.74. The number of rotatable bonds is 15. The lowest BCUT2D eigenvalue weighted by atomic mass is 9.84. The van der Waals surface area contributed by atoms with Crippen LogP contribution in [0.5, 0.6) is 0 Å². The fourth-order valence-corrected chi connectivity index (χ4v) is 6.15. The Balaban J connectivity index is 1.35. The van der Waals surface area contributed by atoms with Gasteiger partial charge in [0.15, 0.2) is 11.6 Å². The smallest absolute Gasteiger partial charge is 0.166 e. The highest BCUT2D eigenvalue weighted by Crippen LogP contribution is 2.35. The van der Waals surface area contributed by atoms with E-state index in [9.17, 15) is 4.39 Å². The second-order valence-corrected chi connectivity index (χ2v) is 11.9. The van der Waals surface area contributed by atoms with Gasteiger partial charge in [-0.2, -0.15) is 0 Å². The third kappa shape index (κ3) is 8.72. The minimum atomic E-state index is -0.792. The molecule has 0 saturated carbocycles. The number of allylic oxidation sites excluding steroid dienone is 4. The van der Waals surface area contributed by atoms with Crippen LogP contribution in [0.15, 0.2) is 72.8 Å². The molecular weight excluding hydrogens is 525 g/mol. The van der Waals surface area contributed by atoms with Gasteiger partial charge in [0.2, 0.25) is 0 Å². The van der Waals surface area contributed by atoms with Crippen LogP contribution in [0.25, 0.3) is 27.8 Å². The van der Waals surface area contributed by atoms with Crippen LogP contribution in [0.4, 0.5) is 13.2 Å².